The van der Waals surface area contributed by atoms with E-state index in [1.165, 1.54) is 11.1 Å². The second-order valence-corrected chi connectivity index (χ2v) is 5.99. The fraction of sp³-hybridized carbons (Fsp3) is 0.381. The molecule has 2 atom stereocenters. The van der Waals surface area contributed by atoms with E-state index in [1.807, 2.05) is 12.1 Å². The normalized spacial score (nSPS) is 14.1. The number of nitrogens with zero attached hydrogens (tertiary/aromatic N) is 2. The van der Waals surface area contributed by atoms with Crippen LogP contribution in [0, 0.1) is 0 Å². The van der Waals surface area contributed by atoms with Crippen LogP contribution in [0.2, 0.25) is 0 Å². The minimum atomic E-state index is 0.122. The van der Waals surface area contributed by atoms with Gasteiger partial charge in [-0.25, -0.2) is 4.99 Å². The summed E-state index contributed by atoms with van der Waals surface area (Å²) in [5.74, 6) is 0.965. The topological polar surface area (TPSA) is 27.6 Å². The van der Waals surface area contributed by atoms with Gasteiger partial charge in [0, 0.05) is 13.1 Å². The van der Waals surface area contributed by atoms with E-state index in [1.54, 1.807) is 0 Å². The molecule has 0 aliphatic heterocycles. The SMILES string of the molecule is CCN(CC)C(=N[C@@H](C)c1ccccc1)N[C@@H](C)c1ccccc1. The zero-order valence-electron chi connectivity index (χ0n) is 15.2. The first-order valence-corrected chi connectivity index (χ1v) is 8.84. The lowest BCUT2D eigenvalue weighted by atomic mass is 10.1. The van der Waals surface area contributed by atoms with Gasteiger partial charge in [-0.2, -0.15) is 0 Å². The molecule has 0 saturated carbocycles. The van der Waals surface area contributed by atoms with Crippen LogP contribution in [0.1, 0.15) is 50.9 Å². The summed E-state index contributed by atoms with van der Waals surface area (Å²) in [5, 5.41) is 3.61. The van der Waals surface area contributed by atoms with Crippen molar-refractivity contribution in [3.8, 4) is 0 Å². The van der Waals surface area contributed by atoms with Gasteiger partial charge >= 0.3 is 0 Å². The first-order valence-electron chi connectivity index (χ1n) is 8.84. The molecule has 2 aromatic carbocycles. The lowest BCUT2D eigenvalue weighted by molar-refractivity contribution is 0.432. The predicted molar refractivity (Wildman–Crippen MR) is 103 cm³/mol. The van der Waals surface area contributed by atoms with Gasteiger partial charge in [-0.05, 0) is 38.8 Å². The highest BCUT2D eigenvalue weighted by molar-refractivity contribution is 5.80. The molecule has 1 N–H and O–H groups in total. The third kappa shape index (κ3) is 4.85. The van der Waals surface area contributed by atoms with Gasteiger partial charge in [-0.1, -0.05) is 60.7 Å². The summed E-state index contributed by atoms with van der Waals surface area (Å²) in [5.41, 5.74) is 2.50. The molecule has 0 spiro atoms. The summed E-state index contributed by atoms with van der Waals surface area (Å²) in [6, 6.07) is 21.3. The quantitative estimate of drug-likeness (QED) is 0.611. The van der Waals surface area contributed by atoms with Gasteiger partial charge in [0.25, 0.3) is 0 Å². The molecule has 0 bridgehead atoms. The molecular formula is C21H29N3. The van der Waals surface area contributed by atoms with E-state index >= 15 is 0 Å². The van der Waals surface area contributed by atoms with Gasteiger partial charge < -0.3 is 10.2 Å². The number of hydrogen-bond acceptors (Lipinski definition) is 1. The molecule has 0 unspecified atom stereocenters. The molecule has 0 saturated heterocycles. The first-order chi connectivity index (χ1) is 11.7. The number of aliphatic imine (C=N–C) groups is 1. The van der Waals surface area contributed by atoms with Crippen LogP contribution in [0.15, 0.2) is 65.7 Å². The van der Waals surface area contributed by atoms with Crippen LogP contribution >= 0.6 is 0 Å². The van der Waals surface area contributed by atoms with Gasteiger partial charge in [0.15, 0.2) is 5.96 Å². The van der Waals surface area contributed by atoms with Crippen molar-refractivity contribution in [3.63, 3.8) is 0 Å². The fourth-order valence-corrected chi connectivity index (χ4v) is 2.74. The minimum absolute atomic E-state index is 0.122. The summed E-state index contributed by atoms with van der Waals surface area (Å²) in [4.78, 5) is 7.26. The van der Waals surface area contributed by atoms with Gasteiger partial charge in [0.05, 0.1) is 12.1 Å². The highest BCUT2D eigenvalue weighted by Crippen LogP contribution is 2.18. The third-order valence-corrected chi connectivity index (χ3v) is 4.31. The average Bonchev–Trinajstić information content (AvgIpc) is 2.64. The van der Waals surface area contributed by atoms with Crippen molar-refractivity contribution in [1.29, 1.82) is 0 Å². The lowest BCUT2D eigenvalue weighted by Gasteiger charge is -2.28. The number of nitrogens with one attached hydrogen (secondary N) is 1. The number of guanidine groups is 1. The van der Waals surface area contributed by atoms with E-state index in [4.69, 9.17) is 4.99 Å². The number of hydrogen-bond donors (Lipinski definition) is 1. The lowest BCUT2D eigenvalue weighted by Crippen LogP contribution is -2.42. The summed E-state index contributed by atoms with van der Waals surface area (Å²) >= 11 is 0. The largest absolute Gasteiger partial charge is 0.350 e. The van der Waals surface area contributed by atoms with Crippen molar-refractivity contribution in [3.05, 3.63) is 71.8 Å². The molecule has 0 amide bonds. The average molecular weight is 323 g/mol. The maximum absolute atomic E-state index is 4.99. The Hall–Kier alpha value is -2.29. The third-order valence-electron chi connectivity index (χ3n) is 4.31. The van der Waals surface area contributed by atoms with Crippen molar-refractivity contribution in [2.75, 3.05) is 13.1 Å². The minimum Gasteiger partial charge on any atom is -0.350 e. The molecule has 0 aliphatic rings. The highest BCUT2D eigenvalue weighted by Gasteiger charge is 2.14. The summed E-state index contributed by atoms with van der Waals surface area (Å²) in [6.07, 6.45) is 0. The molecule has 0 aliphatic carbocycles. The fourth-order valence-electron chi connectivity index (χ4n) is 2.74. The van der Waals surface area contributed by atoms with Crippen molar-refractivity contribution in [1.82, 2.24) is 10.2 Å². The molecule has 0 fully saturated rings. The second-order valence-electron chi connectivity index (χ2n) is 5.99. The molecule has 3 heteroatoms. The first kappa shape index (κ1) is 18.1. The Labute approximate surface area is 146 Å². The summed E-state index contributed by atoms with van der Waals surface area (Å²) < 4.78 is 0. The van der Waals surface area contributed by atoms with Crippen LogP contribution in [-0.2, 0) is 0 Å². The molecule has 3 nitrogen and oxygen atoms in total. The monoisotopic (exact) mass is 323 g/mol. The maximum Gasteiger partial charge on any atom is 0.194 e. The Balaban J connectivity index is 2.22. The number of rotatable bonds is 6. The zero-order valence-corrected chi connectivity index (χ0v) is 15.2. The Kier molecular flexibility index (Phi) is 6.86. The van der Waals surface area contributed by atoms with Crippen LogP contribution in [-0.4, -0.2) is 23.9 Å². The molecule has 2 aromatic rings. The second kappa shape index (κ2) is 9.11. The standard InChI is InChI=1S/C21H29N3/c1-5-24(6-2)21(22-17(3)19-13-9-7-10-14-19)23-18(4)20-15-11-8-12-16-20/h7-18H,5-6H2,1-4H3,(H,22,23)/t17-,18-/m0/s1. The van der Waals surface area contributed by atoms with Gasteiger partial charge in [0.2, 0.25) is 0 Å². The van der Waals surface area contributed by atoms with Gasteiger partial charge in [-0.3, -0.25) is 0 Å². The molecule has 24 heavy (non-hydrogen) atoms. The zero-order chi connectivity index (χ0) is 17.4. The van der Waals surface area contributed by atoms with E-state index in [0.717, 1.165) is 19.0 Å². The van der Waals surface area contributed by atoms with Gasteiger partial charge in [0.1, 0.15) is 0 Å². The Morgan fingerprint density at radius 1 is 0.875 bits per heavy atom. The summed E-state index contributed by atoms with van der Waals surface area (Å²) in [6.45, 7) is 10.5. The van der Waals surface area contributed by atoms with Crippen molar-refractivity contribution in [2.24, 2.45) is 4.99 Å². The molecular weight excluding hydrogens is 294 g/mol. The Bertz CT molecular complexity index is 618. The van der Waals surface area contributed by atoms with E-state index in [-0.39, 0.29) is 12.1 Å². The van der Waals surface area contributed by atoms with Crippen molar-refractivity contribution >= 4 is 5.96 Å². The highest BCUT2D eigenvalue weighted by atomic mass is 15.3. The van der Waals surface area contributed by atoms with Crippen LogP contribution in [0.4, 0.5) is 0 Å². The van der Waals surface area contributed by atoms with Crippen LogP contribution in [0.3, 0.4) is 0 Å². The predicted octanol–water partition coefficient (Wildman–Crippen LogP) is 4.80. The number of benzene rings is 2. The van der Waals surface area contributed by atoms with Crippen LogP contribution < -0.4 is 5.32 Å². The smallest absolute Gasteiger partial charge is 0.194 e. The maximum atomic E-state index is 4.99. The molecule has 128 valence electrons. The van der Waals surface area contributed by atoms with Crippen molar-refractivity contribution in [2.45, 2.75) is 39.8 Å². The Morgan fingerprint density at radius 2 is 1.38 bits per heavy atom. The Morgan fingerprint density at radius 3 is 1.88 bits per heavy atom. The van der Waals surface area contributed by atoms with Crippen LogP contribution in [0.25, 0.3) is 0 Å². The molecule has 0 heterocycles. The van der Waals surface area contributed by atoms with E-state index in [9.17, 15) is 0 Å². The van der Waals surface area contributed by atoms with Crippen LogP contribution in [0.5, 0.6) is 0 Å². The van der Waals surface area contributed by atoms with E-state index in [0.29, 0.717) is 0 Å². The molecule has 0 aromatic heterocycles. The van der Waals surface area contributed by atoms with Gasteiger partial charge in [-0.15, -0.1) is 0 Å². The van der Waals surface area contributed by atoms with Crippen molar-refractivity contribution < 1.29 is 0 Å². The van der Waals surface area contributed by atoms with E-state index < -0.39 is 0 Å². The van der Waals surface area contributed by atoms with E-state index in [2.05, 4.69) is 86.4 Å². The molecule has 0 radical (unpaired) electrons. The summed E-state index contributed by atoms with van der Waals surface area (Å²) in [7, 11) is 0. The molecule has 2 rings (SSSR count).